The van der Waals surface area contributed by atoms with Crippen molar-refractivity contribution in [1.29, 1.82) is 0 Å². The van der Waals surface area contributed by atoms with Gasteiger partial charge in [0.25, 0.3) is 5.91 Å². The molecule has 20 heavy (non-hydrogen) atoms. The van der Waals surface area contributed by atoms with Gasteiger partial charge in [-0.3, -0.25) is 4.79 Å². The van der Waals surface area contributed by atoms with Gasteiger partial charge in [-0.1, -0.05) is 6.07 Å². The summed E-state index contributed by atoms with van der Waals surface area (Å²) in [6.07, 6.45) is 0.824. The van der Waals surface area contributed by atoms with Gasteiger partial charge in [0.15, 0.2) is 0 Å². The molecule has 1 saturated heterocycles. The van der Waals surface area contributed by atoms with E-state index in [-0.39, 0.29) is 17.8 Å². The van der Waals surface area contributed by atoms with Crippen LogP contribution in [0.5, 0.6) is 0 Å². The van der Waals surface area contributed by atoms with Crippen molar-refractivity contribution in [3.63, 3.8) is 0 Å². The summed E-state index contributed by atoms with van der Waals surface area (Å²) in [4.78, 5) is 18.4. The standard InChI is InChI=1S/C15H15FN2O2/c1-10-6-7-20-9-18(10)15(19)14-4-2-11-8-12(16)3-5-13(11)17-14/h2-5,8,10H,6-7,9H2,1H3. The zero-order chi connectivity index (χ0) is 14.1. The van der Waals surface area contributed by atoms with E-state index in [1.807, 2.05) is 6.92 Å². The molecule has 104 valence electrons. The highest BCUT2D eigenvalue weighted by Crippen LogP contribution is 2.18. The minimum atomic E-state index is -0.309. The molecule has 1 aliphatic rings. The summed E-state index contributed by atoms with van der Waals surface area (Å²) in [7, 11) is 0. The predicted octanol–water partition coefficient (Wildman–Crippen LogP) is 2.58. The summed E-state index contributed by atoms with van der Waals surface area (Å²) < 4.78 is 18.4. The maximum atomic E-state index is 13.1. The number of pyridine rings is 1. The molecular formula is C15H15FN2O2. The predicted molar refractivity (Wildman–Crippen MR) is 72.8 cm³/mol. The summed E-state index contributed by atoms with van der Waals surface area (Å²) >= 11 is 0. The van der Waals surface area contributed by atoms with Crippen molar-refractivity contribution in [2.75, 3.05) is 13.3 Å². The number of rotatable bonds is 1. The highest BCUT2D eigenvalue weighted by molar-refractivity contribution is 5.95. The van der Waals surface area contributed by atoms with E-state index in [1.54, 1.807) is 23.1 Å². The van der Waals surface area contributed by atoms with E-state index in [4.69, 9.17) is 4.74 Å². The van der Waals surface area contributed by atoms with Crippen molar-refractivity contribution in [3.05, 3.63) is 41.8 Å². The fourth-order valence-corrected chi connectivity index (χ4v) is 2.32. The number of hydrogen-bond donors (Lipinski definition) is 0. The topological polar surface area (TPSA) is 42.4 Å². The van der Waals surface area contributed by atoms with Gasteiger partial charge in [-0.2, -0.15) is 0 Å². The number of ether oxygens (including phenoxy) is 1. The number of hydrogen-bond acceptors (Lipinski definition) is 3. The maximum absolute atomic E-state index is 13.1. The third-order valence-electron chi connectivity index (χ3n) is 3.57. The fraction of sp³-hybridized carbons (Fsp3) is 0.333. The summed E-state index contributed by atoms with van der Waals surface area (Å²) in [6, 6.07) is 7.82. The largest absolute Gasteiger partial charge is 0.361 e. The van der Waals surface area contributed by atoms with Crippen LogP contribution in [0.25, 0.3) is 10.9 Å². The monoisotopic (exact) mass is 274 g/mol. The van der Waals surface area contributed by atoms with E-state index >= 15 is 0 Å². The van der Waals surface area contributed by atoms with Crippen molar-refractivity contribution >= 4 is 16.8 Å². The normalized spacial score (nSPS) is 19.3. The number of amides is 1. The molecule has 1 aromatic heterocycles. The molecule has 0 radical (unpaired) electrons. The molecule has 1 unspecified atom stereocenters. The molecule has 2 heterocycles. The smallest absolute Gasteiger partial charge is 0.274 e. The van der Waals surface area contributed by atoms with E-state index in [0.29, 0.717) is 29.9 Å². The van der Waals surface area contributed by atoms with Gasteiger partial charge in [0.05, 0.1) is 12.1 Å². The molecule has 3 rings (SSSR count). The Kier molecular flexibility index (Phi) is 3.36. The van der Waals surface area contributed by atoms with Gasteiger partial charge < -0.3 is 9.64 Å². The van der Waals surface area contributed by atoms with E-state index in [0.717, 1.165) is 6.42 Å². The Morgan fingerprint density at radius 3 is 3.05 bits per heavy atom. The number of nitrogens with zero attached hydrogens (tertiary/aromatic N) is 2. The summed E-state index contributed by atoms with van der Waals surface area (Å²) in [5.74, 6) is -0.458. The molecule has 0 N–H and O–H groups in total. The molecule has 0 saturated carbocycles. The number of benzene rings is 1. The quantitative estimate of drug-likeness (QED) is 0.802. The number of halogens is 1. The van der Waals surface area contributed by atoms with Gasteiger partial charge in [-0.25, -0.2) is 9.37 Å². The third kappa shape index (κ3) is 2.36. The number of aromatic nitrogens is 1. The van der Waals surface area contributed by atoms with Crippen LogP contribution in [0.3, 0.4) is 0 Å². The van der Waals surface area contributed by atoms with Crippen molar-refractivity contribution < 1.29 is 13.9 Å². The van der Waals surface area contributed by atoms with E-state index in [9.17, 15) is 9.18 Å². The first-order chi connectivity index (χ1) is 9.65. The molecular weight excluding hydrogens is 259 g/mol. The minimum Gasteiger partial charge on any atom is -0.361 e. The lowest BCUT2D eigenvalue weighted by Gasteiger charge is -2.32. The molecule has 1 aromatic carbocycles. The van der Waals surface area contributed by atoms with Crippen LogP contribution >= 0.6 is 0 Å². The van der Waals surface area contributed by atoms with Crippen LogP contribution < -0.4 is 0 Å². The zero-order valence-corrected chi connectivity index (χ0v) is 11.2. The average Bonchev–Trinajstić information content (AvgIpc) is 2.46. The molecule has 1 atom stereocenters. The van der Waals surface area contributed by atoms with Crippen molar-refractivity contribution in [2.45, 2.75) is 19.4 Å². The second-order valence-electron chi connectivity index (χ2n) is 4.98. The Morgan fingerprint density at radius 2 is 2.25 bits per heavy atom. The first kappa shape index (κ1) is 13.0. The first-order valence-corrected chi connectivity index (χ1v) is 6.60. The van der Waals surface area contributed by atoms with Crippen LogP contribution in [0, 0.1) is 5.82 Å². The molecule has 2 aromatic rings. The van der Waals surface area contributed by atoms with Gasteiger partial charge in [0.1, 0.15) is 18.2 Å². The molecule has 1 aliphatic heterocycles. The fourth-order valence-electron chi connectivity index (χ4n) is 2.32. The Labute approximate surface area is 116 Å². The van der Waals surface area contributed by atoms with Crippen molar-refractivity contribution in [2.24, 2.45) is 0 Å². The number of carbonyl (C=O) groups excluding carboxylic acids is 1. The van der Waals surface area contributed by atoms with Crippen LogP contribution in [-0.2, 0) is 4.74 Å². The Bertz CT molecular complexity index is 659. The van der Waals surface area contributed by atoms with Crippen molar-refractivity contribution in [3.8, 4) is 0 Å². The maximum Gasteiger partial charge on any atom is 0.274 e. The lowest BCUT2D eigenvalue weighted by atomic mass is 10.1. The molecule has 0 aliphatic carbocycles. The molecule has 5 heteroatoms. The van der Waals surface area contributed by atoms with E-state index in [2.05, 4.69) is 4.98 Å². The third-order valence-corrected chi connectivity index (χ3v) is 3.57. The van der Waals surface area contributed by atoms with E-state index in [1.165, 1.54) is 12.1 Å². The van der Waals surface area contributed by atoms with Gasteiger partial charge in [-0.05, 0) is 37.6 Å². The molecule has 4 nitrogen and oxygen atoms in total. The first-order valence-electron chi connectivity index (χ1n) is 6.60. The summed E-state index contributed by atoms with van der Waals surface area (Å²) in [5, 5.41) is 0.685. The summed E-state index contributed by atoms with van der Waals surface area (Å²) in [6.45, 7) is 2.97. The minimum absolute atomic E-state index is 0.141. The average molecular weight is 274 g/mol. The lowest BCUT2D eigenvalue weighted by molar-refractivity contribution is -0.0288. The lowest BCUT2D eigenvalue weighted by Crippen LogP contribution is -2.44. The highest BCUT2D eigenvalue weighted by Gasteiger charge is 2.25. The van der Waals surface area contributed by atoms with E-state index < -0.39 is 0 Å². The number of fused-ring (bicyclic) bond motifs is 1. The molecule has 0 spiro atoms. The Hall–Kier alpha value is -2.01. The zero-order valence-electron chi connectivity index (χ0n) is 11.2. The second-order valence-corrected chi connectivity index (χ2v) is 4.98. The van der Waals surface area contributed by atoms with Crippen molar-refractivity contribution in [1.82, 2.24) is 9.88 Å². The van der Waals surface area contributed by atoms with Gasteiger partial charge in [0.2, 0.25) is 0 Å². The van der Waals surface area contributed by atoms with Crippen LogP contribution in [0.4, 0.5) is 4.39 Å². The number of carbonyl (C=O) groups is 1. The second kappa shape index (κ2) is 5.17. The van der Waals surface area contributed by atoms with Gasteiger partial charge in [0, 0.05) is 11.4 Å². The molecule has 0 bridgehead atoms. The van der Waals surface area contributed by atoms with Gasteiger partial charge >= 0.3 is 0 Å². The molecule has 1 fully saturated rings. The van der Waals surface area contributed by atoms with Crippen LogP contribution in [-0.4, -0.2) is 35.2 Å². The summed E-state index contributed by atoms with van der Waals surface area (Å²) in [5.41, 5.74) is 0.976. The SMILES string of the molecule is CC1CCOCN1C(=O)c1ccc2cc(F)ccc2n1. The Balaban J connectivity index is 1.93. The van der Waals surface area contributed by atoms with Crippen LogP contribution in [0.2, 0.25) is 0 Å². The Morgan fingerprint density at radius 1 is 1.40 bits per heavy atom. The highest BCUT2D eigenvalue weighted by atomic mass is 19.1. The molecule has 1 amide bonds. The van der Waals surface area contributed by atoms with Gasteiger partial charge in [-0.15, -0.1) is 0 Å². The van der Waals surface area contributed by atoms with Crippen LogP contribution in [0.15, 0.2) is 30.3 Å². The van der Waals surface area contributed by atoms with Crippen LogP contribution in [0.1, 0.15) is 23.8 Å².